The van der Waals surface area contributed by atoms with Crippen molar-refractivity contribution < 1.29 is 9.53 Å². The smallest absolute Gasteiger partial charge is 0.153 e. The molecule has 2 aromatic rings. The summed E-state index contributed by atoms with van der Waals surface area (Å²) in [5, 5.41) is 0.522. The number of benzene rings is 2. The van der Waals surface area contributed by atoms with Crippen molar-refractivity contribution in [3.05, 3.63) is 70.8 Å². The summed E-state index contributed by atoms with van der Waals surface area (Å²) in [7, 11) is 0. The van der Waals surface area contributed by atoms with Crippen LogP contribution in [0.3, 0.4) is 0 Å². The third-order valence-corrected chi connectivity index (χ3v) is 2.78. The number of halogens is 1. The second kappa shape index (κ2) is 6.76. The molecule has 0 atom stereocenters. The van der Waals surface area contributed by atoms with E-state index in [0.717, 1.165) is 11.8 Å². The lowest BCUT2D eigenvalue weighted by Gasteiger charge is -2.06. The van der Waals surface area contributed by atoms with Gasteiger partial charge in [0.25, 0.3) is 0 Å². The molecule has 0 aliphatic heterocycles. The van der Waals surface area contributed by atoms with E-state index in [1.165, 1.54) is 0 Å². The van der Waals surface area contributed by atoms with Crippen molar-refractivity contribution in [3.8, 4) is 5.75 Å². The number of hydrogen-bond acceptors (Lipinski definition) is 2. The van der Waals surface area contributed by atoms with Gasteiger partial charge < -0.3 is 4.74 Å². The first-order chi connectivity index (χ1) is 9.29. The van der Waals surface area contributed by atoms with E-state index in [0.29, 0.717) is 22.9 Å². The van der Waals surface area contributed by atoms with Crippen molar-refractivity contribution in [3.63, 3.8) is 0 Å². The lowest BCUT2D eigenvalue weighted by atomic mass is 10.2. The van der Waals surface area contributed by atoms with E-state index in [-0.39, 0.29) is 0 Å². The van der Waals surface area contributed by atoms with Crippen LogP contribution in [-0.2, 0) is 0 Å². The minimum atomic E-state index is 0.400. The summed E-state index contributed by atoms with van der Waals surface area (Å²) in [6, 6.07) is 14.9. The summed E-state index contributed by atoms with van der Waals surface area (Å²) >= 11 is 5.81. The Labute approximate surface area is 117 Å². The van der Waals surface area contributed by atoms with E-state index in [1.54, 1.807) is 18.2 Å². The van der Waals surface area contributed by atoms with Gasteiger partial charge in [0.05, 0.1) is 5.56 Å². The normalized spacial score (nSPS) is 10.6. The van der Waals surface area contributed by atoms with Crippen molar-refractivity contribution in [1.82, 2.24) is 0 Å². The van der Waals surface area contributed by atoms with Gasteiger partial charge in [0.2, 0.25) is 0 Å². The Balaban J connectivity index is 1.96. The van der Waals surface area contributed by atoms with Gasteiger partial charge in [-0.3, -0.25) is 4.79 Å². The van der Waals surface area contributed by atoms with Crippen LogP contribution in [0.25, 0.3) is 6.08 Å². The lowest BCUT2D eigenvalue weighted by molar-refractivity contribution is 0.112. The van der Waals surface area contributed by atoms with Crippen LogP contribution in [0.15, 0.2) is 54.6 Å². The Bertz CT molecular complexity index is 577. The van der Waals surface area contributed by atoms with Gasteiger partial charge in [-0.15, -0.1) is 0 Å². The predicted octanol–water partition coefficient (Wildman–Crippen LogP) is 4.24. The van der Waals surface area contributed by atoms with Crippen LogP contribution in [0.2, 0.25) is 5.02 Å². The average molecular weight is 273 g/mol. The van der Waals surface area contributed by atoms with E-state index in [9.17, 15) is 4.79 Å². The maximum Gasteiger partial charge on any atom is 0.153 e. The van der Waals surface area contributed by atoms with Gasteiger partial charge in [0, 0.05) is 5.02 Å². The van der Waals surface area contributed by atoms with Crippen LogP contribution < -0.4 is 4.74 Å². The van der Waals surface area contributed by atoms with E-state index in [4.69, 9.17) is 16.3 Å². The fraction of sp³-hybridized carbons (Fsp3) is 0.0625. The summed E-state index contributed by atoms with van der Waals surface area (Å²) in [4.78, 5) is 10.9. The van der Waals surface area contributed by atoms with Crippen LogP contribution in [0.1, 0.15) is 15.9 Å². The van der Waals surface area contributed by atoms with Crippen molar-refractivity contribution in [2.45, 2.75) is 0 Å². The predicted molar refractivity (Wildman–Crippen MR) is 77.8 cm³/mol. The largest absolute Gasteiger partial charge is 0.489 e. The quantitative estimate of drug-likeness (QED) is 0.761. The highest BCUT2D eigenvalue weighted by atomic mass is 35.5. The van der Waals surface area contributed by atoms with E-state index >= 15 is 0 Å². The standard InChI is InChI=1S/C16H13ClO2/c17-15-8-9-16(14(11-15)12-18)19-10-4-7-13-5-2-1-3-6-13/h1-9,11-12H,10H2. The zero-order valence-electron chi connectivity index (χ0n) is 10.3. The molecule has 2 nitrogen and oxygen atoms in total. The third kappa shape index (κ3) is 3.97. The molecule has 0 saturated carbocycles. The zero-order chi connectivity index (χ0) is 13.5. The molecule has 0 aliphatic rings. The van der Waals surface area contributed by atoms with Gasteiger partial charge in [0.1, 0.15) is 12.4 Å². The minimum absolute atomic E-state index is 0.400. The molecule has 2 aromatic carbocycles. The Kier molecular flexibility index (Phi) is 4.76. The highest BCUT2D eigenvalue weighted by Crippen LogP contribution is 2.21. The lowest BCUT2D eigenvalue weighted by Crippen LogP contribution is -1.96. The van der Waals surface area contributed by atoms with Crippen molar-refractivity contribution in [1.29, 1.82) is 0 Å². The molecule has 0 aromatic heterocycles. The first-order valence-corrected chi connectivity index (χ1v) is 6.26. The molecule has 0 aliphatic carbocycles. The Hall–Kier alpha value is -2.06. The molecular formula is C16H13ClO2. The molecule has 2 rings (SSSR count). The van der Waals surface area contributed by atoms with Crippen LogP contribution in [0, 0.1) is 0 Å². The SMILES string of the molecule is O=Cc1cc(Cl)ccc1OCC=Cc1ccccc1. The van der Waals surface area contributed by atoms with Crippen LogP contribution in [0.4, 0.5) is 0 Å². The zero-order valence-corrected chi connectivity index (χ0v) is 11.0. The monoisotopic (exact) mass is 272 g/mol. The van der Waals surface area contributed by atoms with Gasteiger partial charge in [-0.2, -0.15) is 0 Å². The second-order valence-corrected chi connectivity index (χ2v) is 4.36. The number of carbonyl (C=O) groups excluding carboxylic acids is 1. The fourth-order valence-electron chi connectivity index (χ4n) is 1.63. The number of aldehydes is 1. The molecular weight excluding hydrogens is 260 g/mol. The summed E-state index contributed by atoms with van der Waals surface area (Å²) in [6.07, 6.45) is 4.61. The Morgan fingerprint density at radius 1 is 1.11 bits per heavy atom. The topological polar surface area (TPSA) is 26.3 Å². The molecule has 19 heavy (non-hydrogen) atoms. The van der Waals surface area contributed by atoms with Gasteiger partial charge in [-0.05, 0) is 29.8 Å². The highest BCUT2D eigenvalue weighted by Gasteiger charge is 2.02. The fourth-order valence-corrected chi connectivity index (χ4v) is 1.81. The van der Waals surface area contributed by atoms with Gasteiger partial charge in [-0.25, -0.2) is 0 Å². The van der Waals surface area contributed by atoms with Crippen molar-refractivity contribution >= 4 is 24.0 Å². The average Bonchev–Trinajstić information content (AvgIpc) is 2.46. The summed E-state index contributed by atoms with van der Waals surface area (Å²) in [6.45, 7) is 0.400. The molecule has 0 fully saturated rings. The number of ether oxygens (including phenoxy) is 1. The van der Waals surface area contributed by atoms with E-state index in [2.05, 4.69) is 0 Å². The summed E-state index contributed by atoms with van der Waals surface area (Å²) in [5.41, 5.74) is 1.57. The third-order valence-electron chi connectivity index (χ3n) is 2.54. The van der Waals surface area contributed by atoms with Gasteiger partial charge in [-0.1, -0.05) is 48.0 Å². The molecule has 3 heteroatoms. The maximum absolute atomic E-state index is 10.9. The summed E-state index contributed by atoms with van der Waals surface area (Å²) < 4.78 is 5.53. The molecule has 0 radical (unpaired) electrons. The van der Waals surface area contributed by atoms with Crippen LogP contribution >= 0.6 is 11.6 Å². The first kappa shape index (κ1) is 13.4. The minimum Gasteiger partial charge on any atom is -0.489 e. The number of hydrogen-bond donors (Lipinski definition) is 0. The van der Waals surface area contributed by atoms with E-state index < -0.39 is 0 Å². The first-order valence-electron chi connectivity index (χ1n) is 5.89. The molecule has 0 heterocycles. The molecule has 0 saturated heterocycles. The van der Waals surface area contributed by atoms with Gasteiger partial charge in [0.15, 0.2) is 6.29 Å². The molecule has 0 N–H and O–H groups in total. The Morgan fingerprint density at radius 3 is 2.63 bits per heavy atom. The summed E-state index contributed by atoms with van der Waals surface area (Å²) in [5.74, 6) is 0.539. The second-order valence-electron chi connectivity index (χ2n) is 3.92. The van der Waals surface area contributed by atoms with Gasteiger partial charge >= 0.3 is 0 Å². The molecule has 0 spiro atoms. The van der Waals surface area contributed by atoms with Crippen LogP contribution in [0.5, 0.6) is 5.75 Å². The maximum atomic E-state index is 10.9. The Morgan fingerprint density at radius 2 is 1.89 bits per heavy atom. The molecule has 0 unspecified atom stereocenters. The molecule has 96 valence electrons. The highest BCUT2D eigenvalue weighted by molar-refractivity contribution is 6.30. The number of rotatable bonds is 5. The number of carbonyl (C=O) groups is 1. The van der Waals surface area contributed by atoms with Crippen molar-refractivity contribution in [2.24, 2.45) is 0 Å². The van der Waals surface area contributed by atoms with Crippen molar-refractivity contribution in [2.75, 3.05) is 6.61 Å². The molecule has 0 amide bonds. The van der Waals surface area contributed by atoms with Crippen LogP contribution in [-0.4, -0.2) is 12.9 Å². The van der Waals surface area contributed by atoms with E-state index in [1.807, 2.05) is 42.5 Å². The molecule has 0 bridgehead atoms.